The lowest BCUT2D eigenvalue weighted by molar-refractivity contribution is 0.0866. The average molecular weight is 210 g/mol. The van der Waals surface area contributed by atoms with Gasteiger partial charge in [0.2, 0.25) is 0 Å². The van der Waals surface area contributed by atoms with Crippen LogP contribution in [0.4, 0.5) is 0 Å². The fourth-order valence-corrected chi connectivity index (χ4v) is 2.05. The van der Waals surface area contributed by atoms with Crippen LogP contribution in [0.5, 0.6) is 0 Å². The maximum Gasteiger partial charge on any atom is 0.0952 e. The number of aromatic nitrogens is 2. The Kier molecular flexibility index (Phi) is 3.75. The van der Waals surface area contributed by atoms with Gasteiger partial charge in [-0.2, -0.15) is 0 Å². The van der Waals surface area contributed by atoms with Crippen LogP contribution in [0, 0.1) is 0 Å². The third-order valence-corrected chi connectivity index (χ3v) is 2.82. The van der Waals surface area contributed by atoms with Crippen molar-refractivity contribution in [2.24, 2.45) is 0 Å². The second-order valence-corrected chi connectivity index (χ2v) is 3.87. The molecule has 1 aliphatic rings. The Labute approximate surface area is 89.9 Å². The van der Waals surface area contributed by atoms with Crippen molar-refractivity contribution in [3.05, 3.63) is 17.7 Å². The van der Waals surface area contributed by atoms with Crippen molar-refractivity contribution in [2.75, 3.05) is 19.8 Å². The highest BCUT2D eigenvalue weighted by atomic mass is 16.5. The summed E-state index contributed by atoms with van der Waals surface area (Å²) in [4.78, 5) is 4.41. The topological polar surface area (TPSA) is 47.3 Å². The van der Waals surface area contributed by atoms with Crippen LogP contribution in [0.25, 0.3) is 0 Å². The normalized spacial score (nSPS) is 15.3. The molecule has 1 aliphatic carbocycles. The molecule has 0 saturated carbocycles. The highest BCUT2D eigenvalue weighted by Gasteiger charge is 2.14. The van der Waals surface area contributed by atoms with E-state index in [4.69, 9.17) is 9.84 Å². The summed E-state index contributed by atoms with van der Waals surface area (Å²) in [7, 11) is 0. The van der Waals surface area contributed by atoms with Crippen molar-refractivity contribution < 1.29 is 9.84 Å². The molecule has 1 heterocycles. The van der Waals surface area contributed by atoms with Gasteiger partial charge in [0, 0.05) is 12.2 Å². The Hall–Kier alpha value is -0.870. The van der Waals surface area contributed by atoms with E-state index in [9.17, 15) is 0 Å². The van der Waals surface area contributed by atoms with Crippen molar-refractivity contribution >= 4 is 0 Å². The number of aliphatic hydroxyl groups is 1. The van der Waals surface area contributed by atoms with Crippen LogP contribution in [0.2, 0.25) is 0 Å². The molecule has 4 heteroatoms. The van der Waals surface area contributed by atoms with Crippen molar-refractivity contribution in [3.8, 4) is 0 Å². The Morgan fingerprint density at radius 1 is 1.33 bits per heavy atom. The SMILES string of the molecule is OCCOCCn1cnc2c1CCCC2. The minimum atomic E-state index is 0.0992. The zero-order valence-corrected chi connectivity index (χ0v) is 8.98. The van der Waals surface area contributed by atoms with Crippen LogP contribution in [-0.2, 0) is 24.1 Å². The number of aryl methyl sites for hydroxylation is 1. The van der Waals surface area contributed by atoms with Gasteiger partial charge in [0.1, 0.15) is 0 Å². The minimum absolute atomic E-state index is 0.0992. The molecule has 1 aromatic rings. The van der Waals surface area contributed by atoms with Gasteiger partial charge in [0.05, 0.1) is 31.8 Å². The van der Waals surface area contributed by atoms with Crippen LogP contribution in [0.1, 0.15) is 24.2 Å². The van der Waals surface area contributed by atoms with Crippen LogP contribution < -0.4 is 0 Å². The lowest BCUT2D eigenvalue weighted by atomic mass is 10.0. The number of ether oxygens (including phenoxy) is 1. The molecule has 0 bridgehead atoms. The van der Waals surface area contributed by atoms with Gasteiger partial charge in [-0.1, -0.05) is 0 Å². The largest absolute Gasteiger partial charge is 0.394 e. The van der Waals surface area contributed by atoms with Gasteiger partial charge in [0.25, 0.3) is 0 Å². The van der Waals surface area contributed by atoms with E-state index in [0.717, 1.165) is 19.4 Å². The maximum atomic E-state index is 8.57. The molecule has 1 N–H and O–H groups in total. The average Bonchev–Trinajstić information content (AvgIpc) is 2.68. The van der Waals surface area contributed by atoms with Gasteiger partial charge in [-0.05, 0) is 25.7 Å². The number of hydrogen-bond acceptors (Lipinski definition) is 3. The molecule has 0 unspecified atom stereocenters. The highest BCUT2D eigenvalue weighted by molar-refractivity contribution is 5.16. The number of rotatable bonds is 5. The lowest BCUT2D eigenvalue weighted by Gasteiger charge is -2.13. The molecule has 0 spiro atoms. The van der Waals surface area contributed by atoms with E-state index < -0.39 is 0 Å². The molecule has 0 aliphatic heterocycles. The Balaban J connectivity index is 1.88. The highest BCUT2D eigenvalue weighted by Crippen LogP contribution is 2.19. The van der Waals surface area contributed by atoms with E-state index in [2.05, 4.69) is 9.55 Å². The van der Waals surface area contributed by atoms with E-state index in [1.165, 1.54) is 24.2 Å². The Bertz CT molecular complexity index is 310. The zero-order chi connectivity index (χ0) is 10.5. The third kappa shape index (κ3) is 2.58. The van der Waals surface area contributed by atoms with Gasteiger partial charge in [-0.25, -0.2) is 4.98 Å². The Morgan fingerprint density at radius 3 is 3.07 bits per heavy atom. The molecule has 0 atom stereocenters. The van der Waals surface area contributed by atoms with E-state index in [1.54, 1.807) is 0 Å². The summed E-state index contributed by atoms with van der Waals surface area (Å²) in [5.74, 6) is 0. The van der Waals surface area contributed by atoms with Crippen molar-refractivity contribution in [2.45, 2.75) is 32.2 Å². The van der Waals surface area contributed by atoms with E-state index in [-0.39, 0.29) is 6.61 Å². The van der Waals surface area contributed by atoms with Gasteiger partial charge in [-0.15, -0.1) is 0 Å². The summed E-state index contributed by atoms with van der Waals surface area (Å²) in [6, 6.07) is 0. The summed E-state index contributed by atoms with van der Waals surface area (Å²) in [5, 5.41) is 8.57. The van der Waals surface area contributed by atoms with Crippen molar-refractivity contribution in [3.63, 3.8) is 0 Å². The fourth-order valence-electron chi connectivity index (χ4n) is 2.05. The zero-order valence-electron chi connectivity index (χ0n) is 8.98. The van der Waals surface area contributed by atoms with Gasteiger partial charge < -0.3 is 14.4 Å². The maximum absolute atomic E-state index is 8.57. The molecule has 2 rings (SSSR count). The van der Waals surface area contributed by atoms with Crippen molar-refractivity contribution in [1.82, 2.24) is 9.55 Å². The van der Waals surface area contributed by atoms with Crippen LogP contribution in [0.3, 0.4) is 0 Å². The molecule has 0 saturated heterocycles. The summed E-state index contributed by atoms with van der Waals surface area (Å²) >= 11 is 0. The van der Waals surface area contributed by atoms with Crippen molar-refractivity contribution in [1.29, 1.82) is 0 Å². The van der Waals surface area contributed by atoms with Gasteiger partial charge >= 0.3 is 0 Å². The monoisotopic (exact) mass is 210 g/mol. The third-order valence-electron chi connectivity index (χ3n) is 2.82. The lowest BCUT2D eigenvalue weighted by Crippen LogP contribution is -2.12. The molecule has 0 amide bonds. The minimum Gasteiger partial charge on any atom is -0.394 e. The molecule has 0 radical (unpaired) electrons. The first-order chi connectivity index (χ1) is 7.42. The standard InChI is InChI=1S/C11H18N2O2/c14-6-8-15-7-5-13-9-12-10-3-1-2-4-11(10)13/h9,14H,1-8H2. The van der Waals surface area contributed by atoms with E-state index in [1.807, 2.05) is 6.33 Å². The second kappa shape index (κ2) is 5.28. The number of hydrogen-bond donors (Lipinski definition) is 1. The summed E-state index contributed by atoms with van der Waals surface area (Å²) in [6.45, 7) is 2.03. The molecule has 4 nitrogen and oxygen atoms in total. The predicted octanol–water partition coefficient (Wildman–Crippen LogP) is 0.771. The quantitative estimate of drug-likeness (QED) is 0.730. The van der Waals surface area contributed by atoms with E-state index >= 15 is 0 Å². The molecule has 0 fully saturated rings. The summed E-state index contributed by atoms with van der Waals surface area (Å²) < 4.78 is 7.43. The predicted molar refractivity (Wildman–Crippen MR) is 56.8 cm³/mol. The molecular weight excluding hydrogens is 192 g/mol. The van der Waals surface area contributed by atoms with Gasteiger partial charge in [-0.3, -0.25) is 0 Å². The Morgan fingerprint density at radius 2 is 2.20 bits per heavy atom. The smallest absolute Gasteiger partial charge is 0.0952 e. The second-order valence-electron chi connectivity index (χ2n) is 3.87. The number of imidazole rings is 1. The fraction of sp³-hybridized carbons (Fsp3) is 0.727. The number of aliphatic hydroxyl groups excluding tert-OH is 1. The van der Waals surface area contributed by atoms with Crippen LogP contribution in [-0.4, -0.2) is 34.5 Å². The molecule has 1 aromatic heterocycles. The first-order valence-corrected chi connectivity index (χ1v) is 5.63. The summed E-state index contributed by atoms with van der Waals surface area (Å²) in [5.41, 5.74) is 2.65. The first-order valence-electron chi connectivity index (χ1n) is 5.63. The van der Waals surface area contributed by atoms with Gasteiger partial charge in [0.15, 0.2) is 0 Å². The molecular formula is C11H18N2O2. The van der Waals surface area contributed by atoms with E-state index in [0.29, 0.717) is 13.2 Å². The molecule has 15 heavy (non-hydrogen) atoms. The number of nitrogens with zero attached hydrogens (tertiary/aromatic N) is 2. The summed E-state index contributed by atoms with van der Waals surface area (Å²) in [6.07, 6.45) is 6.73. The molecule has 0 aromatic carbocycles. The first kappa shape index (κ1) is 10.6. The van der Waals surface area contributed by atoms with Crippen LogP contribution >= 0.6 is 0 Å². The molecule has 84 valence electrons. The number of fused-ring (bicyclic) bond motifs is 1. The van der Waals surface area contributed by atoms with Crippen LogP contribution in [0.15, 0.2) is 6.33 Å².